The smallest absolute Gasteiger partial charge is 0.264 e. The van der Waals surface area contributed by atoms with Crippen molar-refractivity contribution < 1.29 is 18.0 Å². The molecule has 1 unspecified atom stereocenters. The first kappa shape index (κ1) is 32.4. The molecule has 0 heterocycles. The average molecular weight is 728 g/mol. The van der Waals surface area contributed by atoms with E-state index in [4.69, 9.17) is 0 Å². The van der Waals surface area contributed by atoms with Crippen molar-refractivity contribution in [3.05, 3.63) is 129 Å². The number of nitrogens with zero attached hydrogens (tertiary/aromatic N) is 2. The SMILES string of the molecule is CC(C)NC(=O)C(Cc1ccccc1)N(Cc1cccc(Br)c1)C(=O)CN(c1ccc(Br)cc1)S(=O)(=O)c1ccccc1. The van der Waals surface area contributed by atoms with Crippen LogP contribution in [0.5, 0.6) is 0 Å². The molecule has 1 N–H and O–H groups in total. The molecule has 43 heavy (non-hydrogen) atoms. The molecule has 0 aliphatic rings. The number of rotatable bonds is 12. The van der Waals surface area contributed by atoms with Crippen molar-refractivity contribution in [2.45, 2.75) is 43.8 Å². The van der Waals surface area contributed by atoms with Crippen LogP contribution in [0.2, 0.25) is 0 Å². The van der Waals surface area contributed by atoms with Crippen LogP contribution in [0.4, 0.5) is 5.69 Å². The minimum atomic E-state index is -4.14. The Morgan fingerprint density at radius 3 is 1.98 bits per heavy atom. The van der Waals surface area contributed by atoms with E-state index in [9.17, 15) is 18.0 Å². The lowest BCUT2D eigenvalue weighted by Gasteiger charge is -2.34. The van der Waals surface area contributed by atoms with Crippen LogP contribution in [-0.4, -0.2) is 43.8 Å². The summed E-state index contributed by atoms with van der Waals surface area (Å²) >= 11 is 6.90. The molecule has 0 aliphatic carbocycles. The number of hydrogen-bond acceptors (Lipinski definition) is 4. The maximum Gasteiger partial charge on any atom is 0.264 e. The monoisotopic (exact) mass is 725 g/mol. The van der Waals surface area contributed by atoms with Gasteiger partial charge < -0.3 is 10.2 Å². The molecular formula is C33H33Br2N3O4S. The van der Waals surface area contributed by atoms with E-state index in [0.29, 0.717) is 5.69 Å². The number of halogens is 2. The van der Waals surface area contributed by atoms with Crippen molar-refractivity contribution in [2.24, 2.45) is 0 Å². The summed E-state index contributed by atoms with van der Waals surface area (Å²) in [7, 11) is -4.14. The Hall–Kier alpha value is -3.47. The molecule has 4 rings (SSSR count). The van der Waals surface area contributed by atoms with E-state index in [0.717, 1.165) is 24.4 Å². The summed E-state index contributed by atoms with van der Waals surface area (Å²) in [6, 6.07) is 30.6. The summed E-state index contributed by atoms with van der Waals surface area (Å²) in [5, 5.41) is 2.96. The highest BCUT2D eigenvalue weighted by Crippen LogP contribution is 2.26. The van der Waals surface area contributed by atoms with Crippen LogP contribution in [-0.2, 0) is 32.6 Å². The van der Waals surface area contributed by atoms with Gasteiger partial charge in [0.05, 0.1) is 10.6 Å². The first-order chi connectivity index (χ1) is 20.5. The van der Waals surface area contributed by atoms with Crippen LogP contribution >= 0.6 is 31.9 Å². The van der Waals surface area contributed by atoms with Crippen molar-refractivity contribution in [2.75, 3.05) is 10.8 Å². The van der Waals surface area contributed by atoms with Crippen molar-refractivity contribution in [3.63, 3.8) is 0 Å². The Kier molecular flexibility index (Phi) is 11.2. The topological polar surface area (TPSA) is 86.8 Å². The molecule has 0 fully saturated rings. The zero-order valence-electron chi connectivity index (χ0n) is 23.9. The van der Waals surface area contributed by atoms with Gasteiger partial charge in [-0.05, 0) is 73.5 Å². The fraction of sp³-hybridized carbons (Fsp3) is 0.212. The number of hydrogen-bond donors (Lipinski definition) is 1. The minimum Gasteiger partial charge on any atom is -0.352 e. The van der Waals surface area contributed by atoms with Gasteiger partial charge in [0.25, 0.3) is 10.0 Å². The lowest BCUT2D eigenvalue weighted by molar-refractivity contribution is -0.140. The summed E-state index contributed by atoms with van der Waals surface area (Å²) in [5.74, 6) is -0.828. The zero-order chi connectivity index (χ0) is 31.0. The van der Waals surface area contributed by atoms with Gasteiger partial charge in [-0.3, -0.25) is 13.9 Å². The van der Waals surface area contributed by atoms with E-state index in [1.165, 1.54) is 17.0 Å². The molecule has 0 bridgehead atoms. The first-order valence-corrected chi connectivity index (χ1v) is 16.8. The van der Waals surface area contributed by atoms with Crippen LogP contribution in [0.1, 0.15) is 25.0 Å². The third-order valence-electron chi connectivity index (χ3n) is 6.67. The second-order valence-electron chi connectivity index (χ2n) is 10.3. The largest absolute Gasteiger partial charge is 0.352 e. The van der Waals surface area contributed by atoms with Crippen LogP contribution in [0.3, 0.4) is 0 Å². The third-order valence-corrected chi connectivity index (χ3v) is 9.48. The third kappa shape index (κ3) is 8.78. The van der Waals surface area contributed by atoms with Gasteiger partial charge in [-0.1, -0.05) is 92.5 Å². The summed E-state index contributed by atoms with van der Waals surface area (Å²) in [4.78, 5) is 29.7. The predicted molar refractivity (Wildman–Crippen MR) is 177 cm³/mol. The van der Waals surface area contributed by atoms with Gasteiger partial charge in [-0.25, -0.2) is 8.42 Å². The van der Waals surface area contributed by atoms with Gasteiger partial charge in [0.1, 0.15) is 12.6 Å². The highest BCUT2D eigenvalue weighted by molar-refractivity contribution is 9.10. The van der Waals surface area contributed by atoms with Gasteiger partial charge >= 0.3 is 0 Å². The Bertz CT molecular complexity index is 1630. The molecule has 7 nitrogen and oxygen atoms in total. The van der Waals surface area contributed by atoms with E-state index in [2.05, 4.69) is 37.2 Å². The second kappa shape index (κ2) is 14.8. The van der Waals surface area contributed by atoms with E-state index in [1.54, 1.807) is 42.5 Å². The molecule has 0 radical (unpaired) electrons. The summed E-state index contributed by atoms with van der Waals surface area (Å²) in [6.45, 7) is 3.31. The first-order valence-electron chi connectivity index (χ1n) is 13.8. The Morgan fingerprint density at radius 1 is 0.767 bits per heavy atom. The molecule has 0 saturated heterocycles. The normalized spacial score (nSPS) is 12.0. The standard InChI is InChI=1S/C33H33Br2N3O4S/c1-24(2)36-33(40)31(21-25-10-5-3-6-11-25)37(22-26-12-9-13-28(35)20-26)32(39)23-38(29-18-16-27(34)17-19-29)43(41,42)30-14-7-4-8-15-30/h3-20,24,31H,21-23H2,1-2H3,(H,36,40). The van der Waals surface area contributed by atoms with Gasteiger partial charge in [-0.2, -0.15) is 0 Å². The van der Waals surface area contributed by atoms with Gasteiger partial charge in [0, 0.05) is 28.0 Å². The highest BCUT2D eigenvalue weighted by Gasteiger charge is 2.34. The molecule has 4 aromatic carbocycles. The maximum atomic E-state index is 14.4. The van der Waals surface area contributed by atoms with Crippen LogP contribution in [0, 0.1) is 0 Å². The molecular weight excluding hydrogens is 694 g/mol. The summed E-state index contributed by atoms with van der Waals surface area (Å²) in [5.41, 5.74) is 1.99. The molecule has 1 atom stereocenters. The lowest BCUT2D eigenvalue weighted by atomic mass is 10.0. The number of benzene rings is 4. The van der Waals surface area contributed by atoms with Gasteiger partial charge in [-0.15, -0.1) is 0 Å². The van der Waals surface area contributed by atoms with Crippen LogP contribution < -0.4 is 9.62 Å². The molecule has 10 heteroatoms. The number of carbonyl (C=O) groups excluding carboxylic acids is 2. The number of amides is 2. The maximum absolute atomic E-state index is 14.4. The molecule has 0 spiro atoms. The van der Waals surface area contributed by atoms with Crippen LogP contribution in [0.25, 0.3) is 0 Å². The Balaban J connectivity index is 1.79. The lowest BCUT2D eigenvalue weighted by Crippen LogP contribution is -2.54. The van der Waals surface area contributed by atoms with Crippen molar-refractivity contribution in [3.8, 4) is 0 Å². The zero-order valence-corrected chi connectivity index (χ0v) is 27.8. The van der Waals surface area contributed by atoms with Crippen molar-refractivity contribution >= 4 is 59.4 Å². The highest BCUT2D eigenvalue weighted by atomic mass is 79.9. The fourth-order valence-corrected chi connectivity index (χ4v) is 6.77. The number of carbonyl (C=O) groups is 2. The van der Waals surface area contributed by atoms with Gasteiger partial charge in [0.2, 0.25) is 11.8 Å². The molecule has 2 amide bonds. The predicted octanol–water partition coefficient (Wildman–Crippen LogP) is 6.57. The van der Waals surface area contributed by atoms with Crippen LogP contribution in [0.15, 0.2) is 123 Å². The molecule has 224 valence electrons. The Labute approximate surface area is 270 Å². The van der Waals surface area contributed by atoms with E-state index >= 15 is 0 Å². The Morgan fingerprint density at radius 2 is 1.37 bits per heavy atom. The van der Waals surface area contributed by atoms with E-state index in [1.807, 2.05) is 68.4 Å². The number of anilines is 1. The van der Waals surface area contributed by atoms with E-state index < -0.39 is 28.5 Å². The molecule has 0 saturated carbocycles. The van der Waals surface area contributed by atoms with Crippen molar-refractivity contribution in [1.29, 1.82) is 0 Å². The summed E-state index contributed by atoms with van der Waals surface area (Å²) < 4.78 is 30.6. The second-order valence-corrected chi connectivity index (χ2v) is 14.0. The molecule has 4 aromatic rings. The number of nitrogens with one attached hydrogen (secondary N) is 1. The fourth-order valence-electron chi connectivity index (χ4n) is 4.62. The molecule has 0 aliphatic heterocycles. The van der Waals surface area contributed by atoms with E-state index in [-0.39, 0.29) is 29.8 Å². The quantitative estimate of drug-likeness (QED) is 0.179. The molecule has 0 aromatic heterocycles. The average Bonchev–Trinajstić information content (AvgIpc) is 2.98. The number of sulfonamides is 1. The van der Waals surface area contributed by atoms with Gasteiger partial charge in [0.15, 0.2) is 0 Å². The van der Waals surface area contributed by atoms with Crippen molar-refractivity contribution in [1.82, 2.24) is 10.2 Å². The summed E-state index contributed by atoms with van der Waals surface area (Å²) in [6.07, 6.45) is 0.253. The minimum absolute atomic E-state index is 0.0580.